The summed E-state index contributed by atoms with van der Waals surface area (Å²) >= 11 is 0. The molecule has 0 aliphatic carbocycles. The van der Waals surface area contributed by atoms with E-state index in [1.807, 2.05) is 31.2 Å². The highest BCUT2D eigenvalue weighted by atomic mass is 19.1. The van der Waals surface area contributed by atoms with Crippen LogP contribution in [0.1, 0.15) is 46.2 Å². The Balaban J connectivity index is 1.73. The molecule has 1 saturated heterocycles. The molecule has 2 heterocycles. The molecular formula is C23H22FN3O2. The van der Waals surface area contributed by atoms with Crippen molar-refractivity contribution in [1.82, 2.24) is 14.7 Å². The van der Waals surface area contributed by atoms with Crippen molar-refractivity contribution in [3.05, 3.63) is 93.2 Å². The van der Waals surface area contributed by atoms with Gasteiger partial charge in [0, 0.05) is 18.3 Å². The second-order valence-electron chi connectivity index (χ2n) is 7.43. The topological polar surface area (TPSA) is 55.2 Å². The Morgan fingerprint density at radius 2 is 1.83 bits per heavy atom. The van der Waals surface area contributed by atoms with Crippen molar-refractivity contribution in [2.45, 2.75) is 32.7 Å². The maximum absolute atomic E-state index is 14.3. The minimum Gasteiger partial charge on any atom is -0.330 e. The number of carbonyl (C=O) groups is 1. The first-order chi connectivity index (χ1) is 14.0. The lowest BCUT2D eigenvalue weighted by molar-refractivity contribution is 0.0726. The fraction of sp³-hybridized carbons (Fsp3) is 0.261. The van der Waals surface area contributed by atoms with E-state index >= 15 is 0 Å². The van der Waals surface area contributed by atoms with E-state index in [9.17, 15) is 14.0 Å². The number of nitrogens with zero attached hydrogens (tertiary/aromatic N) is 3. The van der Waals surface area contributed by atoms with Crippen LogP contribution in [0.3, 0.4) is 0 Å². The van der Waals surface area contributed by atoms with Crippen molar-refractivity contribution in [1.29, 1.82) is 0 Å². The van der Waals surface area contributed by atoms with Crippen LogP contribution < -0.4 is 5.43 Å². The molecule has 0 N–H and O–H groups in total. The lowest BCUT2D eigenvalue weighted by atomic mass is 10.0. The quantitative estimate of drug-likeness (QED) is 0.679. The van der Waals surface area contributed by atoms with Crippen LogP contribution in [0.25, 0.3) is 5.69 Å². The molecule has 4 rings (SSSR count). The molecular weight excluding hydrogens is 369 g/mol. The zero-order valence-electron chi connectivity index (χ0n) is 16.4. The molecule has 6 heteroatoms. The number of likely N-dealkylation sites (tertiary alicyclic amines) is 1. The first-order valence-corrected chi connectivity index (χ1v) is 9.69. The lowest BCUT2D eigenvalue weighted by Gasteiger charge is -2.25. The van der Waals surface area contributed by atoms with Gasteiger partial charge in [-0.05, 0) is 44.4 Å². The van der Waals surface area contributed by atoms with Crippen LogP contribution in [0.15, 0.2) is 59.4 Å². The van der Waals surface area contributed by atoms with Crippen molar-refractivity contribution >= 4 is 5.91 Å². The third-order valence-corrected chi connectivity index (χ3v) is 5.37. The van der Waals surface area contributed by atoms with Crippen LogP contribution in [0.4, 0.5) is 4.39 Å². The van der Waals surface area contributed by atoms with Gasteiger partial charge in [-0.25, -0.2) is 9.07 Å². The fourth-order valence-electron chi connectivity index (χ4n) is 3.84. The number of benzene rings is 2. The van der Waals surface area contributed by atoms with Crippen molar-refractivity contribution in [3.8, 4) is 5.69 Å². The zero-order valence-corrected chi connectivity index (χ0v) is 16.4. The van der Waals surface area contributed by atoms with Crippen LogP contribution in [0.5, 0.6) is 0 Å². The number of aryl methyl sites for hydroxylation is 2. The number of halogens is 1. The van der Waals surface area contributed by atoms with E-state index in [4.69, 9.17) is 0 Å². The van der Waals surface area contributed by atoms with Crippen LogP contribution in [-0.2, 0) is 0 Å². The third-order valence-electron chi connectivity index (χ3n) is 5.37. The molecule has 0 radical (unpaired) electrons. The summed E-state index contributed by atoms with van der Waals surface area (Å²) in [7, 11) is 0. The molecule has 1 amide bonds. The van der Waals surface area contributed by atoms with Crippen molar-refractivity contribution in [2.75, 3.05) is 6.54 Å². The lowest BCUT2D eigenvalue weighted by Crippen LogP contribution is -2.36. The molecule has 2 aromatic carbocycles. The zero-order chi connectivity index (χ0) is 20.5. The Bertz CT molecular complexity index is 1120. The smallest absolute Gasteiger partial charge is 0.278 e. The fourth-order valence-corrected chi connectivity index (χ4v) is 3.84. The van der Waals surface area contributed by atoms with E-state index in [2.05, 4.69) is 5.10 Å². The van der Waals surface area contributed by atoms with Gasteiger partial charge in [0.1, 0.15) is 11.5 Å². The summed E-state index contributed by atoms with van der Waals surface area (Å²) in [4.78, 5) is 27.5. The molecule has 1 atom stereocenters. The minimum absolute atomic E-state index is 0.0903. The largest absolute Gasteiger partial charge is 0.330 e. The summed E-state index contributed by atoms with van der Waals surface area (Å²) in [6.07, 6.45) is 1.69. The molecule has 0 saturated carbocycles. The van der Waals surface area contributed by atoms with Gasteiger partial charge in [-0.15, -0.1) is 0 Å². The molecule has 1 fully saturated rings. The number of para-hydroxylation sites is 1. The standard InChI is InChI=1S/C23H22FN3O2/c1-15-9-11-17(12-10-15)19-8-5-13-26(19)23(29)22-21(28)14-16(2)27(25-22)20-7-4-3-6-18(20)24/h3-4,6-7,9-12,14,19H,5,8,13H2,1-2H3. The summed E-state index contributed by atoms with van der Waals surface area (Å²) in [5.41, 5.74) is 2.23. The number of aromatic nitrogens is 2. The minimum atomic E-state index is -0.469. The van der Waals surface area contributed by atoms with E-state index in [1.54, 1.807) is 30.0 Å². The number of rotatable bonds is 3. The molecule has 1 unspecified atom stereocenters. The molecule has 148 valence electrons. The molecule has 5 nitrogen and oxygen atoms in total. The molecule has 0 spiro atoms. The Hall–Kier alpha value is -3.28. The normalized spacial score (nSPS) is 16.2. The highest BCUT2D eigenvalue weighted by molar-refractivity contribution is 5.92. The third kappa shape index (κ3) is 3.58. The van der Waals surface area contributed by atoms with Crippen molar-refractivity contribution < 1.29 is 9.18 Å². The van der Waals surface area contributed by atoms with Crippen LogP contribution >= 0.6 is 0 Å². The van der Waals surface area contributed by atoms with Crippen LogP contribution in [-0.4, -0.2) is 27.1 Å². The number of carbonyl (C=O) groups excluding carboxylic acids is 1. The highest BCUT2D eigenvalue weighted by Gasteiger charge is 2.32. The van der Waals surface area contributed by atoms with Crippen LogP contribution in [0, 0.1) is 19.7 Å². The summed E-state index contributed by atoms with van der Waals surface area (Å²) in [5.74, 6) is -0.882. The van der Waals surface area contributed by atoms with E-state index in [1.165, 1.54) is 16.8 Å². The number of hydrogen-bond acceptors (Lipinski definition) is 3. The predicted octanol–water partition coefficient (Wildman–Crippen LogP) is 3.97. The van der Waals surface area contributed by atoms with Gasteiger partial charge in [0.2, 0.25) is 5.43 Å². The van der Waals surface area contributed by atoms with E-state index in [0.717, 1.165) is 24.0 Å². The van der Waals surface area contributed by atoms with E-state index in [0.29, 0.717) is 12.2 Å². The second-order valence-corrected chi connectivity index (χ2v) is 7.43. The Labute approximate surface area is 168 Å². The number of hydrogen-bond donors (Lipinski definition) is 0. The molecule has 3 aromatic rings. The van der Waals surface area contributed by atoms with Gasteiger partial charge in [0.15, 0.2) is 5.69 Å². The second kappa shape index (κ2) is 7.62. The molecule has 1 aliphatic rings. The summed E-state index contributed by atoms with van der Waals surface area (Å²) in [5, 5.41) is 4.26. The van der Waals surface area contributed by atoms with Gasteiger partial charge in [-0.3, -0.25) is 9.59 Å². The highest BCUT2D eigenvalue weighted by Crippen LogP contribution is 2.32. The Morgan fingerprint density at radius 3 is 2.55 bits per heavy atom. The Kier molecular flexibility index (Phi) is 5.01. The SMILES string of the molecule is Cc1ccc(C2CCCN2C(=O)c2nn(-c3ccccc3F)c(C)cc2=O)cc1. The van der Waals surface area contributed by atoms with E-state index in [-0.39, 0.29) is 17.4 Å². The van der Waals surface area contributed by atoms with Gasteiger partial charge in [-0.1, -0.05) is 42.0 Å². The van der Waals surface area contributed by atoms with Crippen molar-refractivity contribution in [2.24, 2.45) is 0 Å². The first kappa shape index (κ1) is 19.1. The molecule has 29 heavy (non-hydrogen) atoms. The summed E-state index contributed by atoms with van der Waals surface area (Å²) in [6.45, 7) is 4.24. The number of amides is 1. The van der Waals surface area contributed by atoms with Gasteiger partial charge in [0.05, 0.1) is 6.04 Å². The van der Waals surface area contributed by atoms with Crippen LogP contribution in [0.2, 0.25) is 0 Å². The van der Waals surface area contributed by atoms with Crippen molar-refractivity contribution in [3.63, 3.8) is 0 Å². The molecule has 1 aromatic heterocycles. The Morgan fingerprint density at radius 1 is 1.10 bits per heavy atom. The molecule has 1 aliphatic heterocycles. The summed E-state index contributed by atoms with van der Waals surface area (Å²) in [6, 6.07) is 15.5. The predicted molar refractivity (Wildman–Crippen MR) is 109 cm³/mol. The van der Waals surface area contributed by atoms with Gasteiger partial charge < -0.3 is 4.90 Å². The van der Waals surface area contributed by atoms with Gasteiger partial charge >= 0.3 is 0 Å². The first-order valence-electron chi connectivity index (χ1n) is 9.69. The monoisotopic (exact) mass is 391 g/mol. The maximum atomic E-state index is 14.3. The van der Waals surface area contributed by atoms with Gasteiger partial charge in [-0.2, -0.15) is 5.10 Å². The van der Waals surface area contributed by atoms with Gasteiger partial charge in [0.25, 0.3) is 5.91 Å². The van der Waals surface area contributed by atoms with E-state index < -0.39 is 17.2 Å². The summed E-state index contributed by atoms with van der Waals surface area (Å²) < 4.78 is 15.6. The maximum Gasteiger partial charge on any atom is 0.278 e. The molecule has 0 bridgehead atoms. The average molecular weight is 391 g/mol. The average Bonchev–Trinajstić information content (AvgIpc) is 3.19.